The molecule has 1 saturated heterocycles. The molecule has 0 saturated carbocycles. The molecule has 2 amide bonds. The molecule has 1 fully saturated rings. The van der Waals surface area contributed by atoms with E-state index in [1.807, 2.05) is 12.1 Å². The summed E-state index contributed by atoms with van der Waals surface area (Å²) >= 11 is 0. The summed E-state index contributed by atoms with van der Waals surface area (Å²) in [6.07, 6.45) is 3.04. The third kappa shape index (κ3) is 5.81. The lowest BCUT2D eigenvalue weighted by Gasteiger charge is -2.36. The number of ether oxygens (including phenoxy) is 1. The Morgan fingerprint density at radius 3 is 2.31 bits per heavy atom. The molecule has 7 heteroatoms. The van der Waals surface area contributed by atoms with E-state index in [9.17, 15) is 14.0 Å². The number of anilines is 2. The van der Waals surface area contributed by atoms with E-state index in [0.717, 1.165) is 11.3 Å². The van der Waals surface area contributed by atoms with Crippen LogP contribution in [0.2, 0.25) is 0 Å². The Morgan fingerprint density at radius 1 is 1.03 bits per heavy atom. The van der Waals surface area contributed by atoms with Gasteiger partial charge >= 0.3 is 12.0 Å². The van der Waals surface area contributed by atoms with Gasteiger partial charge in [0.15, 0.2) is 0 Å². The lowest BCUT2D eigenvalue weighted by atomic mass is 10.2. The van der Waals surface area contributed by atoms with Crippen molar-refractivity contribution in [3.63, 3.8) is 0 Å². The standard InChI is InChI=1S/C22H24FN3O3/c1-2-29-21(27)12-5-17-3-8-19(9-4-17)24-22(28)26-15-13-25(14-16-26)20-10-6-18(23)7-11-20/h3-12H,2,13-16H2,1H3,(H,24,28)/b12-5-. The van der Waals surface area contributed by atoms with E-state index in [1.165, 1.54) is 18.2 Å². The smallest absolute Gasteiger partial charge is 0.330 e. The molecule has 0 aromatic heterocycles. The largest absolute Gasteiger partial charge is 0.463 e. The van der Waals surface area contributed by atoms with Crippen LogP contribution in [0.5, 0.6) is 0 Å². The van der Waals surface area contributed by atoms with Crippen LogP contribution >= 0.6 is 0 Å². The fraction of sp³-hybridized carbons (Fsp3) is 0.273. The predicted molar refractivity (Wildman–Crippen MR) is 111 cm³/mol. The molecule has 152 valence electrons. The highest BCUT2D eigenvalue weighted by Crippen LogP contribution is 2.18. The minimum Gasteiger partial charge on any atom is -0.463 e. The van der Waals surface area contributed by atoms with Crippen molar-refractivity contribution in [1.82, 2.24) is 4.90 Å². The molecule has 3 rings (SSSR count). The Balaban J connectivity index is 1.49. The lowest BCUT2D eigenvalue weighted by molar-refractivity contribution is -0.137. The summed E-state index contributed by atoms with van der Waals surface area (Å²) in [5.74, 6) is -0.640. The molecule has 1 aliphatic heterocycles. The molecule has 0 radical (unpaired) electrons. The van der Waals surface area contributed by atoms with Crippen LogP contribution in [0.3, 0.4) is 0 Å². The number of amides is 2. The van der Waals surface area contributed by atoms with Crippen LogP contribution in [-0.4, -0.2) is 49.7 Å². The summed E-state index contributed by atoms with van der Waals surface area (Å²) in [5.41, 5.74) is 2.48. The van der Waals surface area contributed by atoms with Gasteiger partial charge in [0.2, 0.25) is 0 Å². The zero-order valence-corrected chi connectivity index (χ0v) is 16.3. The molecule has 1 heterocycles. The van der Waals surface area contributed by atoms with Gasteiger partial charge in [0.25, 0.3) is 0 Å². The van der Waals surface area contributed by atoms with Crippen molar-refractivity contribution in [2.45, 2.75) is 6.92 Å². The molecule has 6 nitrogen and oxygen atoms in total. The molecule has 2 aromatic rings. The maximum absolute atomic E-state index is 13.1. The highest BCUT2D eigenvalue weighted by Gasteiger charge is 2.21. The minimum atomic E-state index is -0.385. The SMILES string of the molecule is CCOC(=O)/C=C\c1ccc(NC(=O)N2CCN(c3ccc(F)cc3)CC2)cc1. The number of carbonyl (C=O) groups excluding carboxylic acids is 2. The van der Waals surface area contributed by atoms with Crippen molar-refractivity contribution in [1.29, 1.82) is 0 Å². The monoisotopic (exact) mass is 397 g/mol. The topological polar surface area (TPSA) is 61.9 Å². The highest BCUT2D eigenvalue weighted by atomic mass is 19.1. The molecule has 0 aliphatic carbocycles. The van der Waals surface area contributed by atoms with E-state index in [4.69, 9.17) is 4.74 Å². The summed E-state index contributed by atoms with van der Waals surface area (Å²) in [4.78, 5) is 27.7. The number of benzene rings is 2. The Morgan fingerprint density at radius 2 is 1.69 bits per heavy atom. The molecule has 1 aliphatic rings. The zero-order valence-electron chi connectivity index (χ0n) is 16.3. The highest BCUT2D eigenvalue weighted by molar-refractivity contribution is 5.90. The fourth-order valence-corrected chi connectivity index (χ4v) is 3.05. The Bertz CT molecular complexity index is 858. The van der Waals surface area contributed by atoms with Crippen molar-refractivity contribution in [3.05, 3.63) is 66.0 Å². The summed E-state index contributed by atoms with van der Waals surface area (Å²) in [6, 6.07) is 13.5. The number of hydrogen-bond acceptors (Lipinski definition) is 4. The molecular weight excluding hydrogens is 373 g/mol. The van der Waals surface area contributed by atoms with Crippen LogP contribution in [0.1, 0.15) is 12.5 Å². The first-order valence-corrected chi connectivity index (χ1v) is 9.56. The van der Waals surface area contributed by atoms with Crippen molar-refractivity contribution >= 4 is 29.5 Å². The van der Waals surface area contributed by atoms with Crippen molar-refractivity contribution < 1.29 is 18.7 Å². The number of piperazine rings is 1. The van der Waals surface area contributed by atoms with Gasteiger partial charge in [0.05, 0.1) is 6.61 Å². The third-order valence-corrected chi connectivity index (χ3v) is 4.62. The van der Waals surface area contributed by atoms with Crippen LogP contribution in [0.25, 0.3) is 6.08 Å². The average Bonchev–Trinajstić information content (AvgIpc) is 2.74. The second kappa shape index (κ2) is 9.73. The quantitative estimate of drug-likeness (QED) is 0.617. The second-order valence-corrected chi connectivity index (χ2v) is 6.59. The van der Waals surface area contributed by atoms with Crippen molar-refractivity contribution in [3.8, 4) is 0 Å². The van der Waals surface area contributed by atoms with Crippen LogP contribution in [0.4, 0.5) is 20.6 Å². The fourth-order valence-electron chi connectivity index (χ4n) is 3.05. The average molecular weight is 397 g/mol. The first-order valence-electron chi connectivity index (χ1n) is 9.56. The first kappa shape index (κ1) is 20.4. The molecule has 29 heavy (non-hydrogen) atoms. The molecule has 0 spiro atoms. The van der Waals surface area contributed by atoms with E-state index in [2.05, 4.69) is 10.2 Å². The summed E-state index contributed by atoms with van der Waals surface area (Å²) in [5, 5.41) is 2.89. The van der Waals surface area contributed by atoms with Crippen LogP contribution in [0.15, 0.2) is 54.6 Å². The number of esters is 1. The minimum absolute atomic E-state index is 0.154. The summed E-state index contributed by atoms with van der Waals surface area (Å²) in [6.45, 7) is 4.65. The number of carbonyl (C=O) groups is 2. The van der Waals surface area contributed by atoms with Gasteiger partial charge in [-0.25, -0.2) is 14.0 Å². The van der Waals surface area contributed by atoms with Gasteiger partial charge in [-0.3, -0.25) is 0 Å². The van der Waals surface area contributed by atoms with E-state index in [0.29, 0.717) is 38.5 Å². The van der Waals surface area contributed by atoms with Gasteiger partial charge in [-0.2, -0.15) is 0 Å². The van der Waals surface area contributed by atoms with E-state index < -0.39 is 0 Å². The number of nitrogens with one attached hydrogen (secondary N) is 1. The van der Waals surface area contributed by atoms with Crippen LogP contribution in [0, 0.1) is 5.82 Å². The van der Waals surface area contributed by atoms with Crippen molar-refractivity contribution in [2.75, 3.05) is 43.0 Å². The van der Waals surface area contributed by atoms with Crippen LogP contribution < -0.4 is 10.2 Å². The molecule has 2 aromatic carbocycles. The normalized spacial score (nSPS) is 14.1. The number of hydrogen-bond donors (Lipinski definition) is 1. The maximum Gasteiger partial charge on any atom is 0.330 e. The first-order chi connectivity index (χ1) is 14.0. The number of nitrogens with zero attached hydrogens (tertiary/aromatic N) is 2. The Hall–Kier alpha value is -3.35. The van der Waals surface area contributed by atoms with Gasteiger partial charge in [-0.1, -0.05) is 12.1 Å². The lowest BCUT2D eigenvalue weighted by Crippen LogP contribution is -2.50. The van der Waals surface area contributed by atoms with Gasteiger partial charge in [-0.05, 0) is 55.0 Å². The maximum atomic E-state index is 13.1. The molecule has 0 bridgehead atoms. The van der Waals surface area contributed by atoms with Crippen LogP contribution in [-0.2, 0) is 9.53 Å². The number of rotatable bonds is 5. The van der Waals surface area contributed by atoms with Gasteiger partial charge in [0.1, 0.15) is 5.82 Å². The predicted octanol–water partition coefficient (Wildman–Crippen LogP) is 3.76. The van der Waals surface area contributed by atoms with E-state index in [1.54, 1.807) is 42.2 Å². The summed E-state index contributed by atoms with van der Waals surface area (Å²) < 4.78 is 17.9. The summed E-state index contributed by atoms with van der Waals surface area (Å²) in [7, 11) is 0. The number of halogens is 1. The van der Waals surface area contributed by atoms with Gasteiger partial charge in [-0.15, -0.1) is 0 Å². The molecule has 0 unspecified atom stereocenters. The van der Waals surface area contributed by atoms with Gasteiger partial charge in [0, 0.05) is 43.6 Å². The Kier molecular flexibility index (Phi) is 6.84. The zero-order chi connectivity index (χ0) is 20.6. The Labute approximate surface area is 169 Å². The van der Waals surface area contributed by atoms with E-state index in [-0.39, 0.29) is 17.8 Å². The number of urea groups is 1. The molecule has 1 N–H and O–H groups in total. The second-order valence-electron chi connectivity index (χ2n) is 6.59. The third-order valence-electron chi connectivity index (χ3n) is 4.62. The molecular formula is C22H24FN3O3. The van der Waals surface area contributed by atoms with Crippen molar-refractivity contribution in [2.24, 2.45) is 0 Å². The molecule has 0 atom stereocenters. The van der Waals surface area contributed by atoms with E-state index >= 15 is 0 Å². The van der Waals surface area contributed by atoms with Gasteiger partial charge < -0.3 is 19.9 Å².